The molecule has 0 aliphatic carbocycles. The third kappa shape index (κ3) is 41.6. The number of ether oxygens (including phenoxy) is 1. The zero-order chi connectivity index (χ0) is 43.1. The second kappa shape index (κ2) is 46.1. The van der Waals surface area contributed by atoms with Crippen LogP contribution in [0.25, 0.3) is 0 Å². The van der Waals surface area contributed by atoms with Crippen LogP contribution in [0.4, 0.5) is 0 Å². The monoisotopic (exact) mass is 822 g/mol. The van der Waals surface area contributed by atoms with Crippen molar-refractivity contribution >= 4 is 11.9 Å². The van der Waals surface area contributed by atoms with Crippen molar-refractivity contribution in [3.8, 4) is 0 Å². The van der Waals surface area contributed by atoms with Crippen molar-refractivity contribution in [3.05, 3.63) is 85.1 Å². The molecule has 0 spiro atoms. The number of rotatable bonds is 42. The van der Waals surface area contributed by atoms with E-state index in [1.54, 1.807) is 6.08 Å². The molecule has 0 bridgehead atoms. The molecule has 0 radical (unpaired) electrons. The molecule has 6 nitrogen and oxygen atoms in total. The van der Waals surface area contributed by atoms with Crippen molar-refractivity contribution in [3.63, 3.8) is 0 Å². The first-order valence-electron chi connectivity index (χ1n) is 24.3. The van der Waals surface area contributed by atoms with E-state index < -0.39 is 18.2 Å². The number of unbranched alkanes of at least 4 members (excludes halogenated alkanes) is 18. The van der Waals surface area contributed by atoms with E-state index in [4.69, 9.17) is 4.74 Å². The molecule has 0 fully saturated rings. The summed E-state index contributed by atoms with van der Waals surface area (Å²) in [4.78, 5) is 26.0. The lowest BCUT2D eigenvalue weighted by Gasteiger charge is -2.23. The Morgan fingerprint density at radius 2 is 0.949 bits per heavy atom. The summed E-state index contributed by atoms with van der Waals surface area (Å²) in [5, 5.41) is 23.6. The quantitative estimate of drug-likeness (QED) is 0.0324. The summed E-state index contributed by atoms with van der Waals surface area (Å²) >= 11 is 0. The fraction of sp³-hybridized carbons (Fsp3) is 0.698. The lowest BCUT2D eigenvalue weighted by atomic mass is 10.0. The molecule has 59 heavy (non-hydrogen) atoms. The molecule has 0 saturated heterocycles. The fourth-order valence-electron chi connectivity index (χ4n) is 6.84. The first-order valence-corrected chi connectivity index (χ1v) is 24.3. The molecule has 3 N–H and O–H groups in total. The van der Waals surface area contributed by atoms with Gasteiger partial charge in [0.1, 0.15) is 6.10 Å². The standard InChI is InChI=1S/C53H91NO5/c1-4-7-10-13-16-19-22-25-27-29-32-35-38-41-44-49(59-53(58)46-43-40-37-34-31-28-26-23-20-17-14-11-8-5-2)47-52(57)54-50(48-55)51(56)45-42-39-36-33-30-24-21-18-15-12-9-6-3/h7-8,10-11,16-17,19-20,25,27,32,35,41,44,49-51,55-56H,4-6,9,12-15,18,21-24,26,28-31,33-34,36-40,42-43,45-48H2,1-3H3,(H,54,57)/b10-7+,11-8+,19-16+,20-17+,27-25+,35-32+,44-41+. The summed E-state index contributed by atoms with van der Waals surface area (Å²) in [6, 6.07) is -0.746. The second-order valence-corrected chi connectivity index (χ2v) is 16.1. The Labute approximate surface area is 363 Å². The van der Waals surface area contributed by atoms with E-state index in [-0.39, 0.29) is 24.9 Å². The molecule has 0 heterocycles. The highest BCUT2D eigenvalue weighted by Crippen LogP contribution is 2.15. The van der Waals surface area contributed by atoms with Gasteiger partial charge in [0.2, 0.25) is 5.91 Å². The van der Waals surface area contributed by atoms with Crippen LogP contribution in [0.15, 0.2) is 85.1 Å². The van der Waals surface area contributed by atoms with Gasteiger partial charge in [0, 0.05) is 6.42 Å². The molecule has 1 amide bonds. The van der Waals surface area contributed by atoms with Crippen LogP contribution < -0.4 is 5.32 Å². The van der Waals surface area contributed by atoms with Gasteiger partial charge < -0.3 is 20.3 Å². The Hall–Kier alpha value is -2.96. The predicted octanol–water partition coefficient (Wildman–Crippen LogP) is 14.4. The van der Waals surface area contributed by atoms with E-state index >= 15 is 0 Å². The highest BCUT2D eigenvalue weighted by Gasteiger charge is 2.23. The Kier molecular flexibility index (Phi) is 43.8. The molecule has 0 aromatic rings. The van der Waals surface area contributed by atoms with Gasteiger partial charge in [0.15, 0.2) is 0 Å². The maximum absolute atomic E-state index is 13.1. The number of amides is 1. The smallest absolute Gasteiger partial charge is 0.306 e. The minimum Gasteiger partial charge on any atom is -0.458 e. The van der Waals surface area contributed by atoms with Gasteiger partial charge in [-0.15, -0.1) is 0 Å². The lowest BCUT2D eigenvalue weighted by molar-refractivity contribution is -0.148. The number of hydrogen-bond acceptors (Lipinski definition) is 5. The first kappa shape index (κ1) is 56.0. The highest BCUT2D eigenvalue weighted by atomic mass is 16.5. The van der Waals surface area contributed by atoms with Gasteiger partial charge in [-0.2, -0.15) is 0 Å². The Balaban J connectivity index is 4.77. The van der Waals surface area contributed by atoms with E-state index in [2.05, 4.69) is 99.0 Å². The number of aliphatic hydroxyl groups is 2. The Bertz CT molecular complexity index is 1150. The van der Waals surface area contributed by atoms with Gasteiger partial charge in [-0.3, -0.25) is 9.59 Å². The van der Waals surface area contributed by atoms with Gasteiger partial charge in [-0.1, -0.05) is 209 Å². The molecule has 338 valence electrons. The Morgan fingerprint density at radius 1 is 0.525 bits per heavy atom. The van der Waals surface area contributed by atoms with Crippen LogP contribution in [-0.4, -0.2) is 46.9 Å². The number of carbonyl (C=O) groups is 2. The summed E-state index contributed by atoms with van der Waals surface area (Å²) in [5.74, 6) is -0.643. The van der Waals surface area contributed by atoms with Crippen molar-refractivity contribution in [2.45, 2.75) is 232 Å². The van der Waals surface area contributed by atoms with E-state index in [1.165, 1.54) is 83.5 Å². The van der Waals surface area contributed by atoms with Crippen LogP contribution in [0.1, 0.15) is 213 Å². The number of hydrogen-bond donors (Lipinski definition) is 3. The number of esters is 1. The highest BCUT2D eigenvalue weighted by molar-refractivity contribution is 5.78. The fourth-order valence-corrected chi connectivity index (χ4v) is 6.84. The number of allylic oxidation sites excluding steroid dienone is 13. The summed E-state index contributed by atoms with van der Waals surface area (Å²) in [5.41, 5.74) is 0. The summed E-state index contributed by atoms with van der Waals surface area (Å²) < 4.78 is 5.80. The van der Waals surface area contributed by atoms with Crippen LogP contribution in [-0.2, 0) is 14.3 Å². The van der Waals surface area contributed by atoms with Crippen LogP contribution in [0.3, 0.4) is 0 Å². The second-order valence-electron chi connectivity index (χ2n) is 16.1. The third-order valence-corrected chi connectivity index (χ3v) is 10.5. The first-order chi connectivity index (χ1) is 29.0. The lowest BCUT2D eigenvalue weighted by Crippen LogP contribution is -2.46. The molecule has 0 aliphatic rings. The van der Waals surface area contributed by atoms with Crippen molar-refractivity contribution in [2.75, 3.05) is 6.61 Å². The SMILES string of the molecule is CC/C=C/C/C=C/C/C=C/C/C=C/C/C=C/C(CC(=O)NC(CO)C(O)CCCCCCCCCCCCCC)OC(=O)CCCCCCCCC/C=C/C/C=C/CC. The average Bonchev–Trinajstić information content (AvgIpc) is 3.23. The topological polar surface area (TPSA) is 95.9 Å². The summed E-state index contributed by atoms with van der Waals surface area (Å²) in [6.45, 7) is 6.21. The molecule has 0 aromatic heterocycles. The van der Waals surface area contributed by atoms with E-state index in [1.807, 2.05) is 6.08 Å². The van der Waals surface area contributed by atoms with Crippen LogP contribution >= 0.6 is 0 Å². The maximum atomic E-state index is 13.1. The van der Waals surface area contributed by atoms with Crippen molar-refractivity contribution < 1.29 is 24.5 Å². The van der Waals surface area contributed by atoms with Crippen molar-refractivity contribution in [2.24, 2.45) is 0 Å². The molecular weight excluding hydrogens is 731 g/mol. The van der Waals surface area contributed by atoms with Crippen LogP contribution in [0.5, 0.6) is 0 Å². The normalized spacial score (nSPS) is 14.1. The van der Waals surface area contributed by atoms with Gasteiger partial charge in [-0.25, -0.2) is 0 Å². The predicted molar refractivity (Wildman–Crippen MR) is 254 cm³/mol. The minimum atomic E-state index is -0.823. The molecule has 0 aliphatic heterocycles. The van der Waals surface area contributed by atoms with Crippen LogP contribution in [0.2, 0.25) is 0 Å². The van der Waals surface area contributed by atoms with Gasteiger partial charge >= 0.3 is 5.97 Å². The summed E-state index contributed by atoms with van der Waals surface area (Å²) in [6.07, 6.45) is 59.6. The molecule has 0 saturated carbocycles. The van der Waals surface area contributed by atoms with Crippen molar-refractivity contribution in [1.29, 1.82) is 0 Å². The largest absolute Gasteiger partial charge is 0.458 e. The minimum absolute atomic E-state index is 0.0527. The average molecular weight is 822 g/mol. The van der Waals surface area contributed by atoms with E-state index in [0.717, 1.165) is 83.5 Å². The van der Waals surface area contributed by atoms with Gasteiger partial charge in [0.25, 0.3) is 0 Å². The number of nitrogens with one attached hydrogen (secondary N) is 1. The zero-order valence-electron chi connectivity index (χ0n) is 38.4. The molecule has 0 aromatic carbocycles. The summed E-state index contributed by atoms with van der Waals surface area (Å²) in [7, 11) is 0. The Morgan fingerprint density at radius 3 is 1.44 bits per heavy atom. The molecule has 3 unspecified atom stereocenters. The third-order valence-electron chi connectivity index (χ3n) is 10.5. The van der Waals surface area contributed by atoms with E-state index in [9.17, 15) is 19.8 Å². The molecule has 6 heteroatoms. The number of aliphatic hydroxyl groups excluding tert-OH is 2. The molecular formula is C53H91NO5. The van der Waals surface area contributed by atoms with Gasteiger partial charge in [-0.05, 0) is 76.7 Å². The zero-order valence-corrected chi connectivity index (χ0v) is 38.4. The van der Waals surface area contributed by atoms with Crippen molar-refractivity contribution in [1.82, 2.24) is 5.32 Å². The molecule has 3 atom stereocenters. The maximum Gasteiger partial charge on any atom is 0.306 e. The molecule has 0 rings (SSSR count). The van der Waals surface area contributed by atoms with Gasteiger partial charge in [0.05, 0.1) is 25.2 Å². The van der Waals surface area contributed by atoms with E-state index in [0.29, 0.717) is 19.3 Å². The number of carbonyl (C=O) groups excluding carboxylic acids is 2. The van der Waals surface area contributed by atoms with Crippen LogP contribution in [0, 0.1) is 0 Å².